The fourth-order valence-electron chi connectivity index (χ4n) is 1.84. The minimum atomic E-state index is -0.852. The molecule has 0 amide bonds. The van der Waals surface area contributed by atoms with Crippen molar-refractivity contribution < 1.29 is 14.6 Å². The highest BCUT2D eigenvalue weighted by atomic mass is 32.1. The van der Waals surface area contributed by atoms with Crippen molar-refractivity contribution in [2.24, 2.45) is 0 Å². The van der Waals surface area contributed by atoms with Crippen LogP contribution >= 0.6 is 11.5 Å². The monoisotopic (exact) mass is 280 g/mol. The van der Waals surface area contributed by atoms with Crippen LogP contribution in [0.25, 0.3) is 10.9 Å². The first-order chi connectivity index (χ1) is 9.20. The second kappa shape index (κ2) is 6.49. The lowest BCUT2D eigenvalue weighted by molar-refractivity contribution is -0.139. The first-order valence-electron chi connectivity index (χ1n) is 6.12. The maximum atomic E-state index is 10.7. The Morgan fingerprint density at radius 2 is 2.32 bits per heavy atom. The summed E-state index contributed by atoms with van der Waals surface area (Å²) in [6.45, 7) is 2.83. The molecule has 2 N–H and O–H groups in total. The first-order valence-corrected chi connectivity index (χ1v) is 6.89. The summed E-state index contributed by atoms with van der Waals surface area (Å²) in [6.07, 6.45) is -0.333. The fourth-order valence-corrected chi connectivity index (χ4v) is 2.61. The Hall–Kier alpha value is -1.66. The molecule has 1 atom stereocenters. The normalized spacial score (nSPS) is 12.5. The van der Waals surface area contributed by atoms with Gasteiger partial charge in [-0.05, 0) is 30.6 Å². The van der Waals surface area contributed by atoms with Crippen molar-refractivity contribution in [3.63, 3.8) is 0 Å². The lowest BCUT2D eigenvalue weighted by Gasteiger charge is -2.15. The number of aliphatic carboxylic acids is 1. The highest BCUT2D eigenvalue weighted by Gasteiger charge is 2.14. The summed E-state index contributed by atoms with van der Waals surface area (Å²) in [5, 5.41) is 14.1. The van der Waals surface area contributed by atoms with E-state index in [1.54, 1.807) is 0 Å². The summed E-state index contributed by atoms with van der Waals surface area (Å²) >= 11 is 1.38. The molecule has 0 aliphatic heterocycles. The molecule has 0 radical (unpaired) electrons. The van der Waals surface area contributed by atoms with Gasteiger partial charge in [-0.25, -0.2) is 0 Å². The second-order valence-electron chi connectivity index (χ2n) is 4.08. The van der Waals surface area contributed by atoms with E-state index in [1.807, 2.05) is 31.2 Å². The zero-order chi connectivity index (χ0) is 13.7. The van der Waals surface area contributed by atoms with Gasteiger partial charge in [0.2, 0.25) is 0 Å². The molecule has 1 aromatic carbocycles. The van der Waals surface area contributed by atoms with Gasteiger partial charge in [0, 0.05) is 18.5 Å². The third-order valence-electron chi connectivity index (χ3n) is 2.68. The van der Waals surface area contributed by atoms with Gasteiger partial charge in [-0.3, -0.25) is 4.79 Å². The van der Waals surface area contributed by atoms with E-state index in [0.29, 0.717) is 13.2 Å². The molecule has 2 aromatic rings. The van der Waals surface area contributed by atoms with Gasteiger partial charge in [0.05, 0.1) is 18.0 Å². The Balaban J connectivity index is 2.01. The van der Waals surface area contributed by atoms with Crippen molar-refractivity contribution in [1.29, 1.82) is 0 Å². The van der Waals surface area contributed by atoms with Crippen LogP contribution < -0.4 is 5.32 Å². The molecule has 0 fully saturated rings. The molecule has 1 heterocycles. The number of ether oxygens (including phenoxy) is 1. The summed E-state index contributed by atoms with van der Waals surface area (Å²) in [7, 11) is 0. The molecule has 0 bridgehead atoms. The lowest BCUT2D eigenvalue weighted by atomic mass is 10.2. The number of benzene rings is 1. The van der Waals surface area contributed by atoms with E-state index >= 15 is 0 Å². The average molecular weight is 280 g/mol. The van der Waals surface area contributed by atoms with Crippen LogP contribution in [-0.2, 0) is 9.53 Å². The Bertz CT molecular complexity index is 556. The molecule has 0 aliphatic carbocycles. The van der Waals surface area contributed by atoms with Crippen LogP contribution in [0.1, 0.15) is 13.3 Å². The van der Waals surface area contributed by atoms with Crippen molar-refractivity contribution >= 4 is 33.4 Å². The van der Waals surface area contributed by atoms with E-state index in [0.717, 1.165) is 15.9 Å². The van der Waals surface area contributed by atoms with Crippen molar-refractivity contribution in [2.45, 2.75) is 19.4 Å². The minimum absolute atomic E-state index is 0.00240. The molecule has 1 aromatic heterocycles. The number of carboxylic acid groups (broad SMARTS) is 1. The second-order valence-corrected chi connectivity index (χ2v) is 4.86. The molecule has 5 nitrogen and oxygen atoms in total. The summed E-state index contributed by atoms with van der Waals surface area (Å²) in [5.41, 5.74) is 0.946. The molecular formula is C13H16N2O3S. The number of nitrogens with one attached hydrogen (secondary N) is 1. The number of anilines is 1. The molecule has 1 unspecified atom stereocenters. The standard InChI is InChI=1S/C13H16N2O3S/c1-2-18-9(7-12(16)17)8-14-13-10-5-3-4-6-11(10)15-19-13/h3-6,9,14H,2,7-8H2,1H3,(H,16,17). The third-order valence-corrected chi connectivity index (χ3v) is 3.51. The summed E-state index contributed by atoms with van der Waals surface area (Å²) in [5.74, 6) is -0.852. The van der Waals surface area contributed by atoms with Gasteiger partial charge >= 0.3 is 5.97 Å². The number of hydrogen-bond donors (Lipinski definition) is 2. The van der Waals surface area contributed by atoms with E-state index < -0.39 is 5.97 Å². The van der Waals surface area contributed by atoms with Gasteiger partial charge in [-0.15, -0.1) is 0 Å². The average Bonchev–Trinajstić information content (AvgIpc) is 2.79. The van der Waals surface area contributed by atoms with Crippen molar-refractivity contribution in [3.05, 3.63) is 24.3 Å². The Labute approximate surface area is 115 Å². The highest BCUT2D eigenvalue weighted by Crippen LogP contribution is 2.27. The number of rotatable bonds is 7. The summed E-state index contributed by atoms with van der Waals surface area (Å²) in [4.78, 5) is 10.7. The Kier molecular flexibility index (Phi) is 4.70. The SMILES string of the molecule is CCOC(CNc1snc2ccccc12)CC(=O)O. The minimum Gasteiger partial charge on any atom is -0.481 e. The van der Waals surface area contributed by atoms with Crippen LogP contribution in [0.15, 0.2) is 24.3 Å². The number of hydrogen-bond acceptors (Lipinski definition) is 5. The van der Waals surface area contributed by atoms with Crippen LogP contribution in [0.4, 0.5) is 5.00 Å². The van der Waals surface area contributed by atoms with E-state index in [1.165, 1.54) is 11.5 Å². The third kappa shape index (κ3) is 3.65. The molecular weight excluding hydrogens is 264 g/mol. The van der Waals surface area contributed by atoms with E-state index in [9.17, 15) is 4.79 Å². The number of fused-ring (bicyclic) bond motifs is 1. The molecule has 19 heavy (non-hydrogen) atoms. The van der Waals surface area contributed by atoms with Gasteiger partial charge in [0.1, 0.15) is 5.00 Å². The molecule has 2 rings (SSSR count). The van der Waals surface area contributed by atoms with E-state index in [2.05, 4.69) is 9.69 Å². The predicted molar refractivity (Wildman–Crippen MR) is 75.8 cm³/mol. The van der Waals surface area contributed by atoms with Crippen molar-refractivity contribution in [2.75, 3.05) is 18.5 Å². The molecule has 0 aliphatic rings. The summed E-state index contributed by atoms with van der Waals surface area (Å²) in [6, 6.07) is 7.85. The zero-order valence-corrected chi connectivity index (χ0v) is 11.4. The largest absolute Gasteiger partial charge is 0.481 e. The van der Waals surface area contributed by atoms with Crippen LogP contribution in [0.5, 0.6) is 0 Å². The van der Waals surface area contributed by atoms with E-state index in [4.69, 9.17) is 9.84 Å². The van der Waals surface area contributed by atoms with Gasteiger partial charge in [-0.2, -0.15) is 4.37 Å². The number of carbonyl (C=O) groups is 1. The zero-order valence-electron chi connectivity index (χ0n) is 10.6. The van der Waals surface area contributed by atoms with Gasteiger partial charge in [-0.1, -0.05) is 12.1 Å². The highest BCUT2D eigenvalue weighted by molar-refractivity contribution is 7.11. The molecule has 102 valence electrons. The molecule has 6 heteroatoms. The number of nitrogens with zero attached hydrogens (tertiary/aromatic N) is 1. The van der Waals surface area contributed by atoms with Crippen LogP contribution in [-0.4, -0.2) is 34.7 Å². The van der Waals surface area contributed by atoms with Gasteiger partial charge < -0.3 is 15.2 Å². The quantitative estimate of drug-likeness (QED) is 0.815. The first kappa shape index (κ1) is 13.8. The topological polar surface area (TPSA) is 71.5 Å². The van der Waals surface area contributed by atoms with Crippen molar-refractivity contribution in [1.82, 2.24) is 4.37 Å². The predicted octanol–water partition coefficient (Wildman–Crippen LogP) is 2.59. The lowest BCUT2D eigenvalue weighted by Crippen LogP contribution is -2.26. The van der Waals surface area contributed by atoms with Crippen molar-refractivity contribution in [3.8, 4) is 0 Å². The number of carboxylic acids is 1. The molecule has 0 spiro atoms. The number of aromatic nitrogens is 1. The molecule has 0 saturated carbocycles. The Morgan fingerprint density at radius 3 is 3.05 bits per heavy atom. The van der Waals surface area contributed by atoms with E-state index in [-0.39, 0.29) is 12.5 Å². The summed E-state index contributed by atoms with van der Waals surface area (Å²) < 4.78 is 9.73. The van der Waals surface area contributed by atoms with Crippen LogP contribution in [0, 0.1) is 0 Å². The van der Waals surface area contributed by atoms with Gasteiger partial charge in [0.15, 0.2) is 0 Å². The fraction of sp³-hybridized carbons (Fsp3) is 0.385. The van der Waals surface area contributed by atoms with Gasteiger partial charge in [0.25, 0.3) is 0 Å². The maximum Gasteiger partial charge on any atom is 0.306 e. The van der Waals surface area contributed by atoms with Crippen LogP contribution in [0.2, 0.25) is 0 Å². The Morgan fingerprint density at radius 1 is 1.53 bits per heavy atom. The smallest absolute Gasteiger partial charge is 0.306 e. The maximum absolute atomic E-state index is 10.7. The molecule has 0 saturated heterocycles. The van der Waals surface area contributed by atoms with Crippen LogP contribution in [0.3, 0.4) is 0 Å².